The van der Waals surface area contributed by atoms with E-state index >= 15 is 0 Å². The molecule has 0 amide bonds. The van der Waals surface area contributed by atoms with Crippen molar-refractivity contribution in [1.29, 1.82) is 0 Å². The van der Waals surface area contributed by atoms with Gasteiger partial charge in [0.05, 0.1) is 16.7 Å². The molecule has 2 aromatic heterocycles. The summed E-state index contributed by atoms with van der Waals surface area (Å²) in [7, 11) is 0. The van der Waals surface area contributed by atoms with Crippen LogP contribution in [0.1, 0.15) is 0 Å². The van der Waals surface area contributed by atoms with Gasteiger partial charge in [-0.1, -0.05) is 176 Å². The van der Waals surface area contributed by atoms with Gasteiger partial charge in [0.25, 0.3) is 0 Å². The molecule has 3 nitrogen and oxygen atoms in total. The van der Waals surface area contributed by atoms with E-state index in [0.29, 0.717) is 0 Å². The van der Waals surface area contributed by atoms with Crippen LogP contribution in [0.25, 0.3) is 93.9 Å². The Labute approximate surface area is 366 Å². The average molecular weight is 805 g/mol. The summed E-state index contributed by atoms with van der Waals surface area (Å²) in [6.07, 6.45) is 0. The maximum Gasteiger partial charge on any atom is 0.137 e. The van der Waals surface area contributed by atoms with Crippen LogP contribution in [0.4, 0.5) is 17.1 Å². The topological polar surface area (TPSA) is 21.3 Å². The van der Waals surface area contributed by atoms with Gasteiger partial charge in [0, 0.05) is 50.2 Å². The molecule has 0 saturated heterocycles. The number of furan rings is 1. The van der Waals surface area contributed by atoms with Gasteiger partial charge < -0.3 is 13.9 Å². The van der Waals surface area contributed by atoms with Gasteiger partial charge in [0.1, 0.15) is 11.2 Å². The molecule has 0 bridgehead atoms. The number of para-hydroxylation sites is 3. The van der Waals surface area contributed by atoms with Gasteiger partial charge in [-0.25, -0.2) is 0 Å². The molecule has 0 N–H and O–H groups in total. The highest BCUT2D eigenvalue weighted by molar-refractivity contribution is 6.16. The first-order valence-corrected chi connectivity index (χ1v) is 21.5. The van der Waals surface area contributed by atoms with E-state index in [1.807, 2.05) is 12.1 Å². The van der Waals surface area contributed by atoms with Crippen molar-refractivity contribution in [1.82, 2.24) is 4.57 Å². The van der Waals surface area contributed by atoms with Crippen LogP contribution in [0.15, 0.2) is 247 Å². The zero-order valence-electron chi connectivity index (χ0n) is 34.4. The molecule has 0 aliphatic rings. The molecule has 0 saturated carbocycles. The third-order valence-corrected chi connectivity index (χ3v) is 12.4. The summed E-state index contributed by atoms with van der Waals surface area (Å²) >= 11 is 0. The molecule has 3 heteroatoms. The van der Waals surface area contributed by atoms with Gasteiger partial charge in [0.15, 0.2) is 0 Å². The lowest BCUT2D eigenvalue weighted by Crippen LogP contribution is -2.11. The van der Waals surface area contributed by atoms with Crippen LogP contribution in [-0.4, -0.2) is 4.57 Å². The van der Waals surface area contributed by atoms with Gasteiger partial charge in [-0.2, -0.15) is 0 Å². The van der Waals surface area contributed by atoms with Crippen molar-refractivity contribution in [3.63, 3.8) is 0 Å². The molecule has 0 aliphatic heterocycles. The lowest BCUT2D eigenvalue weighted by molar-refractivity contribution is 0.669. The van der Waals surface area contributed by atoms with Gasteiger partial charge >= 0.3 is 0 Å². The van der Waals surface area contributed by atoms with E-state index in [4.69, 9.17) is 4.42 Å². The standard InChI is InChI=1S/C60H40N2O/c1-4-15-41(16-5-1)46-33-37-50(44-17-6-2-7-18-44)57(39-46)61(49-36-38-53-52-21-11-13-26-58(52)63-59(53)40-49)48-34-31-43(32-35-48)42-27-29-45(30-28-42)51-23-14-25-56-60(51)54-22-10-12-24-55(54)62(56)47-19-8-3-9-20-47/h1-40H. The van der Waals surface area contributed by atoms with Crippen molar-refractivity contribution in [2.24, 2.45) is 0 Å². The maximum absolute atomic E-state index is 6.48. The second-order valence-electron chi connectivity index (χ2n) is 16.1. The molecule has 0 unspecified atom stereocenters. The van der Waals surface area contributed by atoms with E-state index in [2.05, 4.69) is 240 Å². The fourth-order valence-corrected chi connectivity index (χ4v) is 9.43. The molecule has 0 spiro atoms. The largest absolute Gasteiger partial charge is 0.456 e. The predicted octanol–water partition coefficient (Wildman–Crippen LogP) is 16.8. The van der Waals surface area contributed by atoms with Crippen molar-refractivity contribution in [2.75, 3.05) is 4.90 Å². The summed E-state index contributed by atoms with van der Waals surface area (Å²) in [6.45, 7) is 0. The molecular formula is C60H40N2O. The van der Waals surface area contributed by atoms with Gasteiger partial charge in [-0.15, -0.1) is 0 Å². The molecule has 0 aliphatic carbocycles. The molecule has 2 heterocycles. The SMILES string of the molecule is c1ccc(-c2ccc(-c3ccccc3)c(N(c3ccc(-c4ccc(-c5cccc6c5c5ccccc5n6-c5ccccc5)cc4)cc3)c3ccc4c(c3)oc3ccccc34)c2)cc1. The third-order valence-electron chi connectivity index (χ3n) is 12.4. The van der Waals surface area contributed by atoms with Crippen LogP contribution in [0.2, 0.25) is 0 Å². The Morgan fingerprint density at radius 1 is 0.317 bits per heavy atom. The first kappa shape index (κ1) is 36.5. The molecule has 10 aromatic carbocycles. The van der Waals surface area contributed by atoms with Gasteiger partial charge in [0.2, 0.25) is 0 Å². The number of aromatic nitrogens is 1. The highest BCUT2D eigenvalue weighted by Gasteiger charge is 2.21. The van der Waals surface area contributed by atoms with Crippen molar-refractivity contribution in [3.8, 4) is 50.2 Å². The van der Waals surface area contributed by atoms with E-state index in [9.17, 15) is 0 Å². The predicted molar refractivity (Wildman–Crippen MR) is 264 cm³/mol. The Morgan fingerprint density at radius 3 is 1.62 bits per heavy atom. The highest BCUT2D eigenvalue weighted by Crippen LogP contribution is 2.45. The maximum atomic E-state index is 6.48. The van der Waals surface area contributed by atoms with Crippen molar-refractivity contribution in [2.45, 2.75) is 0 Å². The summed E-state index contributed by atoms with van der Waals surface area (Å²) in [5.74, 6) is 0. The minimum atomic E-state index is 0.858. The molecule has 296 valence electrons. The Hall–Kier alpha value is -8.40. The molecule has 12 rings (SSSR count). The first-order chi connectivity index (χ1) is 31.2. The molecular weight excluding hydrogens is 765 g/mol. The monoisotopic (exact) mass is 804 g/mol. The lowest BCUT2D eigenvalue weighted by Gasteiger charge is -2.29. The van der Waals surface area contributed by atoms with Crippen molar-refractivity contribution >= 4 is 60.8 Å². The van der Waals surface area contributed by atoms with Crippen LogP contribution in [0, 0.1) is 0 Å². The average Bonchev–Trinajstić information content (AvgIpc) is 3.91. The summed E-state index contributed by atoms with van der Waals surface area (Å²) in [6, 6.07) is 87.1. The van der Waals surface area contributed by atoms with Crippen LogP contribution >= 0.6 is 0 Å². The van der Waals surface area contributed by atoms with Crippen LogP contribution in [0.5, 0.6) is 0 Å². The number of benzene rings is 10. The smallest absolute Gasteiger partial charge is 0.137 e. The molecule has 12 aromatic rings. The minimum absolute atomic E-state index is 0.858. The Kier molecular flexibility index (Phi) is 8.83. The third kappa shape index (κ3) is 6.38. The Bertz CT molecular complexity index is 3590. The highest BCUT2D eigenvalue weighted by atomic mass is 16.3. The first-order valence-electron chi connectivity index (χ1n) is 21.5. The molecule has 0 atom stereocenters. The Balaban J connectivity index is 0.965. The fourth-order valence-electron chi connectivity index (χ4n) is 9.43. The van der Waals surface area contributed by atoms with Crippen LogP contribution in [0.3, 0.4) is 0 Å². The van der Waals surface area contributed by atoms with E-state index in [1.54, 1.807) is 0 Å². The van der Waals surface area contributed by atoms with E-state index < -0.39 is 0 Å². The quantitative estimate of drug-likeness (QED) is 0.153. The number of nitrogens with zero attached hydrogens (tertiary/aromatic N) is 2. The second kappa shape index (κ2) is 15.3. The van der Waals surface area contributed by atoms with Crippen molar-refractivity contribution in [3.05, 3.63) is 243 Å². The van der Waals surface area contributed by atoms with Gasteiger partial charge in [-0.05, 0) is 99.6 Å². The zero-order valence-corrected chi connectivity index (χ0v) is 34.4. The van der Waals surface area contributed by atoms with Gasteiger partial charge in [-0.3, -0.25) is 0 Å². The number of rotatable bonds is 8. The van der Waals surface area contributed by atoms with E-state index in [1.165, 1.54) is 38.5 Å². The van der Waals surface area contributed by atoms with E-state index in [0.717, 1.165) is 72.5 Å². The zero-order chi connectivity index (χ0) is 41.7. The van der Waals surface area contributed by atoms with Crippen LogP contribution in [-0.2, 0) is 0 Å². The molecule has 0 fully saturated rings. The lowest BCUT2D eigenvalue weighted by atomic mass is 9.96. The fraction of sp³-hybridized carbons (Fsp3) is 0. The van der Waals surface area contributed by atoms with Crippen LogP contribution < -0.4 is 4.90 Å². The number of hydrogen-bond donors (Lipinski definition) is 0. The molecule has 0 radical (unpaired) electrons. The summed E-state index contributed by atoms with van der Waals surface area (Å²) in [4.78, 5) is 2.38. The number of hydrogen-bond acceptors (Lipinski definition) is 2. The van der Waals surface area contributed by atoms with Crippen molar-refractivity contribution < 1.29 is 4.42 Å². The summed E-state index contributed by atoms with van der Waals surface area (Å²) < 4.78 is 8.86. The molecule has 63 heavy (non-hydrogen) atoms. The minimum Gasteiger partial charge on any atom is -0.456 e. The summed E-state index contributed by atoms with van der Waals surface area (Å²) in [5, 5.41) is 4.74. The Morgan fingerprint density at radius 2 is 0.857 bits per heavy atom. The number of fused-ring (bicyclic) bond motifs is 6. The number of anilines is 3. The normalized spacial score (nSPS) is 11.5. The van der Waals surface area contributed by atoms with E-state index in [-0.39, 0.29) is 0 Å². The second-order valence-corrected chi connectivity index (χ2v) is 16.1. The summed E-state index contributed by atoms with van der Waals surface area (Å²) in [5.41, 5.74) is 17.8.